The van der Waals surface area contributed by atoms with Crippen LogP contribution in [0.2, 0.25) is 0 Å². The Hall–Kier alpha value is -3.74. The molecule has 1 aliphatic carbocycles. The van der Waals surface area contributed by atoms with Crippen molar-refractivity contribution in [1.29, 1.82) is 0 Å². The van der Waals surface area contributed by atoms with Crippen LogP contribution in [0.1, 0.15) is 46.4 Å². The molecule has 0 bridgehead atoms. The maximum absolute atomic E-state index is 12.5. The molecule has 4 aromatic carbocycles. The highest BCUT2D eigenvalue weighted by molar-refractivity contribution is 8.00. The number of carbonyl (C=O) groups excluding carboxylic acids is 1. The zero-order valence-electron chi connectivity index (χ0n) is 24.6. The van der Waals surface area contributed by atoms with Crippen LogP contribution in [0.3, 0.4) is 0 Å². The van der Waals surface area contributed by atoms with Crippen LogP contribution in [0.25, 0.3) is 11.1 Å². The van der Waals surface area contributed by atoms with Crippen molar-refractivity contribution >= 4 is 23.5 Å². The Labute approximate surface area is 248 Å². The second-order valence-electron chi connectivity index (χ2n) is 11.1. The molecule has 1 amide bonds. The number of ether oxygens (including phenoxy) is 1. The molecule has 0 heterocycles. The van der Waals surface area contributed by atoms with E-state index in [1.54, 1.807) is 38.1 Å². The average molecular weight is 566 g/mol. The van der Waals surface area contributed by atoms with E-state index in [-0.39, 0.29) is 5.91 Å². The number of rotatable bonds is 9. The van der Waals surface area contributed by atoms with Gasteiger partial charge >= 0.3 is 0 Å². The lowest BCUT2D eigenvalue weighted by atomic mass is 9.79. The van der Waals surface area contributed by atoms with Crippen molar-refractivity contribution in [1.82, 2.24) is 9.80 Å². The Morgan fingerprint density at radius 1 is 0.927 bits per heavy atom. The van der Waals surface area contributed by atoms with Crippen LogP contribution in [0, 0.1) is 5.92 Å². The smallest absolute Gasteiger partial charge is 0.253 e. The van der Waals surface area contributed by atoms with Crippen LogP contribution in [0.15, 0.2) is 95.9 Å². The van der Waals surface area contributed by atoms with Crippen LogP contribution in [0.5, 0.6) is 5.75 Å². The Morgan fingerprint density at radius 3 is 2.46 bits per heavy atom. The number of fused-ring (bicyclic) bond motifs is 1. The fourth-order valence-corrected chi connectivity index (χ4v) is 6.58. The van der Waals surface area contributed by atoms with Crippen LogP contribution < -0.4 is 9.46 Å². The van der Waals surface area contributed by atoms with Gasteiger partial charge in [-0.2, -0.15) is 0 Å². The van der Waals surface area contributed by atoms with E-state index in [4.69, 9.17) is 4.74 Å². The van der Waals surface area contributed by atoms with Gasteiger partial charge in [-0.05, 0) is 102 Å². The molecule has 0 radical (unpaired) electrons. The van der Waals surface area contributed by atoms with E-state index in [1.165, 1.54) is 23.1 Å². The van der Waals surface area contributed by atoms with Gasteiger partial charge in [0.05, 0.1) is 12.0 Å². The first-order valence-electron chi connectivity index (χ1n) is 14.1. The summed E-state index contributed by atoms with van der Waals surface area (Å²) < 4.78 is 9.29. The molecular formula is C35H39N3O2S. The van der Waals surface area contributed by atoms with E-state index >= 15 is 0 Å². The van der Waals surface area contributed by atoms with Gasteiger partial charge in [-0.25, -0.2) is 0 Å². The number of methoxy groups -OCH3 is 1. The summed E-state index contributed by atoms with van der Waals surface area (Å²) in [4.78, 5) is 17.6. The number of anilines is 1. The molecule has 0 aliphatic heterocycles. The van der Waals surface area contributed by atoms with E-state index in [9.17, 15) is 4.79 Å². The van der Waals surface area contributed by atoms with Crippen LogP contribution in [-0.4, -0.2) is 44.0 Å². The maximum atomic E-state index is 12.5. The summed E-state index contributed by atoms with van der Waals surface area (Å²) >= 11 is 1.55. The third-order valence-corrected chi connectivity index (χ3v) is 8.79. The highest BCUT2D eigenvalue weighted by atomic mass is 32.2. The highest BCUT2D eigenvalue weighted by Gasteiger charge is 2.30. The Morgan fingerprint density at radius 2 is 1.71 bits per heavy atom. The Balaban J connectivity index is 1.37. The lowest BCUT2D eigenvalue weighted by Crippen LogP contribution is -2.32. The van der Waals surface area contributed by atoms with Crippen molar-refractivity contribution in [3.05, 3.63) is 113 Å². The van der Waals surface area contributed by atoms with Gasteiger partial charge < -0.3 is 14.4 Å². The molecule has 0 aromatic heterocycles. The Bertz CT molecular complexity index is 1500. The van der Waals surface area contributed by atoms with Crippen molar-refractivity contribution in [3.63, 3.8) is 0 Å². The molecule has 2 atom stereocenters. The molecule has 0 spiro atoms. The van der Waals surface area contributed by atoms with Crippen molar-refractivity contribution < 1.29 is 9.53 Å². The summed E-state index contributed by atoms with van der Waals surface area (Å²) in [7, 11) is 7.49. The molecule has 5 rings (SSSR count). The van der Waals surface area contributed by atoms with Gasteiger partial charge in [-0.15, -0.1) is 0 Å². The molecule has 4 aromatic rings. The standard InChI is InChI=1S/C35H39N3O2S/c1-24-14-15-26-16-18-30(22-31(26)34(24)38(4)23-25-10-7-6-8-11-25)36-41-33-21-28(17-19-32(33)40-5)27-12-9-13-29(20-27)35(39)37(2)3/h6-13,16-22,24,34,36H,14-15,23H2,1-5H3. The zero-order valence-corrected chi connectivity index (χ0v) is 25.4. The third kappa shape index (κ3) is 6.61. The van der Waals surface area contributed by atoms with Gasteiger partial charge in [-0.3, -0.25) is 9.69 Å². The highest BCUT2D eigenvalue weighted by Crippen LogP contribution is 2.41. The lowest BCUT2D eigenvalue weighted by Gasteiger charge is -2.38. The van der Waals surface area contributed by atoms with Gasteiger partial charge in [0.15, 0.2) is 0 Å². The fourth-order valence-electron chi connectivity index (χ4n) is 5.79. The quantitative estimate of drug-likeness (QED) is 0.209. The molecule has 0 fully saturated rings. The minimum Gasteiger partial charge on any atom is -0.496 e. The number of amides is 1. The number of nitrogens with zero attached hydrogens (tertiary/aromatic N) is 2. The topological polar surface area (TPSA) is 44.8 Å². The second-order valence-corrected chi connectivity index (χ2v) is 12.0. The van der Waals surface area contributed by atoms with Gasteiger partial charge in [0.1, 0.15) is 5.75 Å². The lowest BCUT2D eigenvalue weighted by molar-refractivity contribution is 0.0827. The van der Waals surface area contributed by atoms with Crippen molar-refractivity contribution in [2.45, 2.75) is 37.2 Å². The molecular weight excluding hydrogens is 526 g/mol. The molecule has 6 heteroatoms. The first kappa shape index (κ1) is 28.8. The van der Waals surface area contributed by atoms with Crippen LogP contribution >= 0.6 is 11.9 Å². The van der Waals surface area contributed by atoms with Gasteiger partial charge in [0, 0.05) is 37.9 Å². The monoisotopic (exact) mass is 565 g/mol. The largest absolute Gasteiger partial charge is 0.496 e. The zero-order chi connectivity index (χ0) is 28.9. The van der Waals surface area contributed by atoms with Crippen molar-refractivity contribution in [3.8, 4) is 16.9 Å². The van der Waals surface area contributed by atoms with Gasteiger partial charge in [0.2, 0.25) is 0 Å². The molecule has 1 aliphatic rings. The summed E-state index contributed by atoms with van der Waals surface area (Å²) in [5, 5.41) is 0. The predicted octanol–water partition coefficient (Wildman–Crippen LogP) is 7.94. The van der Waals surface area contributed by atoms with Gasteiger partial charge in [-0.1, -0.05) is 61.5 Å². The number of aryl methyl sites for hydroxylation is 1. The van der Waals surface area contributed by atoms with Crippen molar-refractivity contribution in [2.75, 3.05) is 33.0 Å². The second kappa shape index (κ2) is 12.8. The minimum absolute atomic E-state index is 0.00827. The summed E-state index contributed by atoms with van der Waals surface area (Å²) in [5.74, 6) is 1.37. The molecule has 1 N–H and O–H groups in total. The number of nitrogens with one attached hydrogen (secondary N) is 1. The summed E-state index contributed by atoms with van der Waals surface area (Å²) in [6.07, 6.45) is 2.31. The number of benzene rings is 4. The summed E-state index contributed by atoms with van der Waals surface area (Å²) in [6, 6.07) is 31.8. The normalized spacial score (nSPS) is 16.2. The van der Waals surface area contributed by atoms with E-state index in [2.05, 4.69) is 78.2 Å². The molecule has 2 unspecified atom stereocenters. The average Bonchev–Trinajstić information content (AvgIpc) is 2.99. The summed E-state index contributed by atoms with van der Waals surface area (Å²) in [6.45, 7) is 3.30. The SMILES string of the molecule is COc1ccc(-c2cccc(C(=O)N(C)C)c2)cc1SNc1ccc2c(c1)C(N(C)Cc1ccccc1)C(C)CC2. The van der Waals surface area contributed by atoms with E-state index in [0.29, 0.717) is 17.5 Å². The first-order chi connectivity index (χ1) is 19.8. The minimum atomic E-state index is -0.00827. The van der Waals surface area contributed by atoms with Crippen molar-refractivity contribution in [2.24, 2.45) is 5.92 Å². The molecule has 41 heavy (non-hydrogen) atoms. The van der Waals surface area contributed by atoms with Gasteiger partial charge in [0.25, 0.3) is 5.91 Å². The van der Waals surface area contributed by atoms with E-state index in [0.717, 1.165) is 40.4 Å². The molecule has 212 valence electrons. The van der Waals surface area contributed by atoms with Crippen LogP contribution in [0.4, 0.5) is 5.69 Å². The summed E-state index contributed by atoms with van der Waals surface area (Å²) in [5.41, 5.74) is 7.96. The number of hydrogen-bond acceptors (Lipinski definition) is 5. The molecule has 5 nitrogen and oxygen atoms in total. The first-order valence-corrected chi connectivity index (χ1v) is 15.0. The van der Waals surface area contributed by atoms with E-state index < -0.39 is 0 Å². The Kier molecular flexibility index (Phi) is 9.01. The maximum Gasteiger partial charge on any atom is 0.253 e. The number of carbonyl (C=O) groups is 1. The van der Waals surface area contributed by atoms with Crippen LogP contribution in [-0.2, 0) is 13.0 Å². The number of hydrogen-bond donors (Lipinski definition) is 1. The molecule has 0 saturated carbocycles. The predicted molar refractivity (Wildman–Crippen MR) is 171 cm³/mol. The van der Waals surface area contributed by atoms with E-state index in [1.807, 2.05) is 36.4 Å². The fraction of sp³-hybridized carbons (Fsp3) is 0.286. The molecule has 0 saturated heterocycles. The third-order valence-electron chi connectivity index (χ3n) is 7.91.